The van der Waals surface area contributed by atoms with Crippen molar-refractivity contribution in [3.8, 4) is 0 Å². The number of nitrogens with two attached hydrogens (primary N) is 1. The first-order valence-corrected chi connectivity index (χ1v) is 14.1. The fourth-order valence-corrected chi connectivity index (χ4v) is 8.69. The molecule has 1 aromatic rings. The molecule has 33 heavy (non-hydrogen) atoms. The van der Waals surface area contributed by atoms with Gasteiger partial charge in [0, 0.05) is 52.2 Å². The second kappa shape index (κ2) is 10.6. The zero-order valence-corrected chi connectivity index (χ0v) is 21.1. The van der Waals surface area contributed by atoms with Gasteiger partial charge in [0.1, 0.15) is 10.4 Å². The molecule has 2 saturated heterocycles. The van der Waals surface area contributed by atoms with Crippen molar-refractivity contribution in [2.24, 2.45) is 11.7 Å². The number of β-lactam (4-membered cyclic amide) rings is 1. The van der Waals surface area contributed by atoms with E-state index in [1.165, 1.54) is 4.90 Å². The number of nitrogens with zero attached hydrogens (tertiary/aromatic N) is 1. The van der Waals surface area contributed by atoms with Crippen LogP contribution in [0.25, 0.3) is 0 Å². The van der Waals surface area contributed by atoms with E-state index in [4.69, 9.17) is 5.73 Å². The molecule has 0 bridgehead atoms. The monoisotopic (exact) mass is 509 g/mol. The number of fused-ring (bicyclic) bond motifs is 1. The van der Waals surface area contributed by atoms with Crippen LogP contribution in [0.2, 0.25) is 0 Å². The first-order valence-electron chi connectivity index (χ1n) is 11.3. The molecule has 7 nitrogen and oxygen atoms in total. The van der Waals surface area contributed by atoms with Gasteiger partial charge in [-0.1, -0.05) is 6.92 Å². The van der Waals surface area contributed by atoms with E-state index in [2.05, 4.69) is 17.4 Å². The Labute approximate surface area is 207 Å². The normalized spacial score (nSPS) is 28.9. The van der Waals surface area contributed by atoms with Crippen molar-refractivity contribution < 1.29 is 19.8 Å². The van der Waals surface area contributed by atoms with Gasteiger partial charge in [-0.2, -0.15) is 0 Å². The lowest BCUT2D eigenvalue weighted by Crippen LogP contribution is -2.72. The number of nitrogens with one attached hydrogen (secondary N) is 1. The van der Waals surface area contributed by atoms with Gasteiger partial charge >= 0.3 is 5.97 Å². The van der Waals surface area contributed by atoms with E-state index in [-0.39, 0.29) is 30.2 Å². The molecule has 5 N–H and O–H groups in total. The fraction of sp³-hybridized carbons (Fsp3) is 0.565. The number of hydrogen-bond acceptors (Lipinski definition) is 8. The standard InChI is InChI=1S/C23H31N3O4S3/c1-14-18(13-32-16-4-2-15(3-5-16)31-11-8-24)19(21(28)29)26-20(14)23(7-10-27,22(26)30)33-17-6-9-25-12-17/h2-5,14,17,20,25,27H,6-13,24H2,1H3,(H,28,29)/t14-,17?,20+,23?/m1/s1. The summed E-state index contributed by atoms with van der Waals surface area (Å²) in [6, 6.07) is 7.98. The van der Waals surface area contributed by atoms with E-state index in [1.807, 2.05) is 19.1 Å². The Morgan fingerprint density at radius 2 is 1.97 bits per heavy atom. The summed E-state index contributed by atoms with van der Waals surface area (Å²) >= 11 is 4.95. The molecule has 3 aliphatic heterocycles. The summed E-state index contributed by atoms with van der Waals surface area (Å²) in [4.78, 5) is 29.3. The molecule has 0 saturated carbocycles. The number of carbonyl (C=O) groups excluding carboxylic acids is 1. The number of aliphatic hydroxyl groups is 1. The third kappa shape index (κ3) is 4.70. The van der Waals surface area contributed by atoms with Gasteiger partial charge in [-0.15, -0.1) is 35.3 Å². The summed E-state index contributed by atoms with van der Waals surface area (Å²) in [6.07, 6.45) is 1.33. The quantitative estimate of drug-likeness (QED) is 0.263. The topological polar surface area (TPSA) is 116 Å². The van der Waals surface area contributed by atoms with E-state index in [1.54, 1.807) is 35.3 Å². The third-order valence-electron chi connectivity index (χ3n) is 6.59. The minimum Gasteiger partial charge on any atom is -0.477 e. The average Bonchev–Trinajstić information content (AvgIpc) is 3.41. The van der Waals surface area contributed by atoms with Crippen LogP contribution >= 0.6 is 35.3 Å². The molecule has 4 atom stereocenters. The summed E-state index contributed by atoms with van der Waals surface area (Å²) in [5.41, 5.74) is 6.51. The average molecular weight is 510 g/mol. The van der Waals surface area contributed by atoms with Crippen molar-refractivity contribution in [2.75, 3.05) is 37.7 Å². The number of thioether (sulfide) groups is 3. The maximum Gasteiger partial charge on any atom is 0.352 e. The number of benzene rings is 1. The molecule has 10 heteroatoms. The number of aliphatic carboxylic acids is 1. The lowest BCUT2D eigenvalue weighted by atomic mass is 9.78. The van der Waals surface area contributed by atoms with Gasteiger partial charge < -0.3 is 21.3 Å². The van der Waals surface area contributed by atoms with Crippen molar-refractivity contribution in [1.29, 1.82) is 0 Å². The number of hydrogen-bond donors (Lipinski definition) is 4. The van der Waals surface area contributed by atoms with Gasteiger partial charge in [0.05, 0.1) is 6.04 Å². The molecular weight excluding hydrogens is 478 g/mol. The predicted octanol–water partition coefficient (Wildman–Crippen LogP) is 2.25. The van der Waals surface area contributed by atoms with Gasteiger partial charge in [-0.25, -0.2) is 4.79 Å². The number of rotatable bonds is 11. The van der Waals surface area contributed by atoms with E-state index in [0.29, 0.717) is 24.0 Å². The first-order chi connectivity index (χ1) is 15.9. The van der Waals surface area contributed by atoms with Crippen LogP contribution in [0, 0.1) is 5.92 Å². The lowest BCUT2D eigenvalue weighted by molar-refractivity contribution is -0.153. The van der Waals surface area contributed by atoms with Crippen LogP contribution < -0.4 is 11.1 Å². The van der Waals surface area contributed by atoms with Crippen molar-refractivity contribution in [1.82, 2.24) is 10.2 Å². The van der Waals surface area contributed by atoms with Crippen LogP contribution in [0.4, 0.5) is 0 Å². The van der Waals surface area contributed by atoms with Crippen molar-refractivity contribution in [3.63, 3.8) is 0 Å². The van der Waals surface area contributed by atoms with E-state index >= 15 is 0 Å². The van der Waals surface area contributed by atoms with Gasteiger partial charge in [-0.3, -0.25) is 9.69 Å². The van der Waals surface area contributed by atoms with Gasteiger partial charge in [0.2, 0.25) is 5.91 Å². The van der Waals surface area contributed by atoms with Gasteiger partial charge in [0.25, 0.3) is 0 Å². The number of carboxylic acids is 1. The highest BCUT2D eigenvalue weighted by atomic mass is 32.2. The number of amides is 1. The Morgan fingerprint density at radius 1 is 1.27 bits per heavy atom. The van der Waals surface area contributed by atoms with Crippen molar-refractivity contribution in [2.45, 2.75) is 45.6 Å². The van der Waals surface area contributed by atoms with Crippen LogP contribution in [0.1, 0.15) is 19.8 Å². The van der Waals surface area contributed by atoms with E-state index in [9.17, 15) is 19.8 Å². The highest BCUT2D eigenvalue weighted by Gasteiger charge is 2.68. The van der Waals surface area contributed by atoms with E-state index < -0.39 is 10.7 Å². The molecule has 4 rings (SSSR count). The number of aliphatic hydroxyl groups excluding tert-OH is 1. The molecule has 0 aromatic heterocycles. The van der Waals surface area contributed by atoms with Crippen LogP contribution in [-0.4, -0.2) is 80.8 Å². The fourth-order valence-electron chi connectivity index (χ4n) is 5.06. The Morgan fingerprint density at radius 3 is 2.55 bits per heavy atom. The smallest absolute Gasteiger partial charge is 0.352 e. The Bertz CT molecular complexity index is 920. The number of carboxylic acid groups (broad SMARTS) is 1. The molecule has 1 aromatic carbocycles. The highest BCUT2D eigenvalue weighted by Crippen LogP contribution is 2.57. The minimum atomic E-state index is -1.05. The van der Waals surface area contributed by atoms with Crippen LogP contribution in [-0.2, 0) is 9.59 Å². The third-order valence-corrected chi connectivity index (χ3v) is 10.5. The summed E-state index contributed by atoms with van der Waals surface area (Å²) in [5.74, 6) is 0.0998. The lowest BCUT2D eigenvalue weighted by Gasteiger charge is -2.55. The van der Waals surface area contributed by atoms with Crippen molar-refractivity contribution in [3.05, 3.63) is 35.5 Å². The molecule has 3 heterocycles. The summed E-state index contributed by atoms with van der Waals surface area (Å²) < 4.78 is -0.750. The molecule has 0 aliphatic carbocycles. The maximum atomic E-state index is 13.4. The van der Waals surface area contributed by atoms with Crippen LogP contribution in [0.3, 0.4) is 0 Å². The second-order valence-corrected chi connectivity index (χ2v) is 12.4. The zero-order chi connectivity index (χ0) is 23.6. The molecule has 3 aliphatic rings. The van der Waals surface area contributed by atoms with Gasteiger partial charge in [0.15, 0.2) is 0 Å². The second-order valence-electron chi connectivity index (χ2n) is 8.58. The Hall–Kier alpha value is -1.17. The molecule has 0 spiro atoms. The zero-order valence-electron chi connectivity index (χ0n) is 18.7. The summed E-state index contributed by atoms with van der Waals surface area (Å²) in [6.45, 7) is 4.34. The Kier molecular flexibility index (Phi) is 8.02. The molecule has 2 fully saturated rings. The molecule has 180 valence electrons. The molecule has 2 unspecified atom stereocenters. The highest BCUT2D eigenvalue weighted by molar-refractivity contribution is 8.02. The van der Waals surface area contributed by atoms with Crippen molar-refractivity contribution >= 4 is 47.2 Å². The number of carbonyl (C=O) groups is 2. The molecule has 1 amide bonds. The van der Waals surface area contributed by atoms with Crippen LogP contribution in [0.5, 0.6) is 0 Å². The minimum absolute atomic E-state index is 0.0749. The van der Waals surface area contributed by atoms with Gasteiger partial charge in [-0.05, 0) is 49.2 Å². The summed E-state index contributed by atoms with van der Waals surface area (Å²) in [5, 5.41) is 23.4. The molecular formula is C23H31N3O4S3. The van der Waals surface area contributed by atoms with Crippen LogP contribution in [0.15, 0.2) is 45.3 Å². The SMILES string of the molecule is C[C@@H]1C(CSc2ccc(SCCN)cc2)=C(C(=O)O)N2C(=O)C(CCO)(SC3CCNC3)[C@H]12. The predicted molar refractivity (Wildman–Crippen MR) is 135 cm³/mol. The first kappa shape index (κ1) is 24.9. The molecule has 0 radical (unpaired) electrons. The Balaban J connectivity index is 1.52. The van der Waals surface area contributed by atoms with E-state index in [0.717, 1.165) is 40.6 Å². The maximum absolute atomic E-state index is 13.4. The summed E-state index contributed by atoms with van der Waals surface area (Å²) in [7, 11) is 0. The largest absolute Gasteiger partial charge is 0.477 e.